The van der Waals surface area contributed by atoms with Crippen molar-refractivity contribution in [3.8, 4) is 0 Å². The molecule has 6 heteroatoms. The lowest BCUT2D eigenvalue weighted by atomic mass is 10.3. The lowest BCUT2D eigenvalue weighted by Gasteiger charge is -2.07. The van der Waals surface area contributed by atoms with Crippen molar-refractivity contribution in [2.45, 2.75) is 5.16 Å². The number of fused-ring (bicyclic) bond motifs is 1. The zero-order valence-electron chi connectivity index (χ0n) is 11.2. The fraction of sp³-hybridized carbons (Fsp3) is 0.0667. The maximum atomic E-state index is 11.8. The number of benzene rings is 2. The van der Waals surface area contributed by atoms with Crippen molar-refractivity contribution < 1.29 is 4.79 Å². The summed E-state index contributed by atoms with van der Waals surface area (Å²) in [6, 6.07) is 17.3. The summed E-state index contributed by atoms with van der Waals surface area (Å²) in [7, 11) is 0. The summed E-state index contributed by atoms with van der Waals surface area (Å²) < 4.78 is 0. The molecule has 5 nitrogen and oxygen atoms in total. The summed E-state index contributed by atoms with van der Waals surface area (Å²) in [6.07, 6.45) is 0. The van der Waals surface area contributed by atoms with Gasteiger partial charge in [0.2, 0.25) is 5.91 Å². The van der Waals surface area contributed by atoms with Crippen LogP contribution in [-0.2, 0) is 4.79 Å². The number of aromatic nitrogens is 2. The van der Waals surface area contributed by atoms with E-state index in [1.54, 1.807) is 0 Å². The van der Waals surface area contributed by atoms with Crippen LogP contribution in [0.3, 0.4) is 0 Å². The van der Waals surface area contributed by atoms with E-state index < -0.39 is 0 Å². The third-order valence-electron chi connectivity index (χ3n) is 2.83. The van der Waals surface area contributed by atoms with Crippen LogP contribution in [0.1, 0.15) is 0 Å². The molecule has 1 aromatic heterocycles. The second-order valence-electron chi connectivity index (χ2n) is 4.39. The van der Waals surface area contributed by atoms with E-state index in [-0.39, 0.29) is 5.91 Å². The topological polar surface area (TPSA) is 69.8 Å². The number of thioether (sulfide) groups is 1. The molecule has 0 aliphatic rings. The van der Waals surface area contributed by atoms with Crippen LogP contribution in [-0.4, -0.2) is 21.6 Å². The van der Waals surface area contributed by atoms with Gasteiger partial charge in [-0.25, -0.2) is 4.98 Å². The number of nitrogens with zero attached hydrogens (tertiary/aromatic N) is 1. The first kappa shape index (κ1) is 13.5. The number of hydrogen-bond donors (Lipinski definition) is 3. The number of amides is 1. The maximum Gasteiger partial charge on any atom is 0.248 e. The number of H-pyrrole nitrogens is 1. The Morgan fingerprint density at radius 3 is 2.67 bits per heavy atom. The van der Waals surface area contributed by atoms with Gasteiger partial charge in [0.25, 0.3) is 0 Å². The standard InChI is InChI=1S/C15H14N4OS/c20-14(19-18-11-6-2-1-3-7-11)10-21-15-16-12-8-4-5-9-13(12)17-15/h1-9,18H,10H2,(H,16,17)(H,19,20). The van der Waals surface area contributed by atoms with Crippen molar-refractivity contribution in [3.63, 3.8) is 0 Å². The molecular weight excluding hydrogens is 284 g/mol. The minimum atomic E-state index is -0.107. The van der Waals surface area contributed by atoms with Crippen LogP contribution in [0.15, 0.2) is 59.8 Å². The zero-order chi connectivity index (χ0) is 14.5. The van der Waals surface area contributed by atoms with Gasteiger partial charge in [-0.05, 0) is 24.3 Å². The number of rotatable bonds is 5. The third-order valence-corrected chi connectivity index (χ3v) is 3.70. The number of carbonyl (C=O) groups is 1. The molecule has 2 aromatic carbocycles. The Labute approximate surface area is 126 Å². The Bertz CT molecular complexity index is 709. The van der Waals surface area contributed by atoms with E-state index in [0.29, 0.717) is 5.75 Å². The van der Waals surface area contributed by atoms with Crippen LogP contribution in [0.4, 0.5) is 5.69 Å². The lowest BCUT2D eigenvalue weighted by molar-refractivity contribution is -0.118. The highest BCUT2D eigenvalue weighted by molar-refractivity contribution is 7.99. The second-order valence-corrected chi connectivity index (χ2v) is 5.35. The Hall–Kier alpha value is -2.47. The van der Waals surface area contributed by atoms with Crippen LogP contribution < -0.4 is 10.9 Å². The molecule has 0 saturated heterocycles. The first-order chi connectivity index (χ1) is 10.3. The summed E-state index contributed by atoms with van der Waals surface area (Å²) in [6.45, 7) is 0. The molecule has 3 N–H and O–H groups in total. The van der Waals surface area contributed by atoms with E-state index in [9.17, 15) is 4.79 Å². The third kappa shape index (κ3) is 3.55. The van der Waals surface area contributed by atoms with Crippen LogP contribution in [0.25, 0.3) is 11.0 Å². The molecule has 0 aliphatic carbocycles. The van der Waals surface area contributed by atoms with E-state index >= 15 is 0 Å². The number of imidazole rings is 1. The SMILES string of the molecule is O=C(CSc1nc2ccccc2[nH]1)NNc1ccccc1. The molecule has 0 saturated carbocycles. The highest BCUT2D eigenvalue weighted by Crippen LogP contribution is 2.18. The van der Waals surface area contributed by atoms with Gasteiger partial charge in [0.1, 0.15) is 0 Å². The molecule has 0 aliphatic heterocycles. The molecule has 0 bridgehead atoms. The maximum absolute atomic E-state index is 11.8. The van der Waals surface area contributed by atoms with Gasteiger partial charge in [-0.1, -0.05) is 42.1 Å². The number of aromatic amines is 1. The Kier molecular flexibility index (Phi) is 4.07. The first-order valence-corrected chi connectivity index (χ1v) is 7.47. The molecule has 0 radical (unpaired) electrons. The quantitative estimate of drug-likeness (QED) is 0.500. The molecule has 0 atom stereocenters. The fourth-order valence-electron chi connectivity index (χ4n) is 1.83. The van der Waals surface area contributed by atoms with Crippen molar-refractivity contribution in [1.29, 1.82) is 0 Å². The number of para-hydroxylation sites is 3. The van der Waals surface area contributed by atoms with Crippen molar-refractivity contribution in [2.75, 3.05) is 11.2 Å². The molecule has 21 heavy (non-hydrogen) atoms. The van der Waals surface area contributed by atoms with E-state index in [1.807, 2.05) is 54.6 Å². The molecule has 106 valence electrons. The van der Waals surface area contributed by atoms with Gasteiger partial charge in [-0.2, -0.15) is 0 Å². The molecule has 0 unspecified atom stereocenters. The van der Waals surface area contributed by atoms with E-state index in [1.165, 1.54) is 11.8 Å². The van der Waals surface area contributed by atoms with E-state index in [0.717, 1.165) is 21.9 Å². The smallest absolute Gasteiger partial charge is 0.248 e. The van der Waals surface area contributed by atoms with Crippen molar-refractivity contribution >= 4 is 34.4 Å². The minimum Gasteiger partial charge on any atom is -0.333 e. The Morgan fingerprint density at radius 1 is 1.10 bits per heavy atom. The predicted molar refractivity (Wildman–Crippen MR) is 85.0 cm³/mol. The van der Waals surface area contributed by atoms with Gasteiger partial charge in [0.15, 0.2) is 5.16 Å². The number of anilines is 1. The van der Waals surface area contributed by atoms with Gasteiger partial charge in [0.05, 0.1) is 22.5 Å². The normalized spacial score (nSPS) is 10.5. The van der Waals surface area contributed by atoms with Crippen molar-refractivity contribution in [1.82, 2.24) is 15.4 Å². The molecule has 1 heterocycles. The molecule has 3 aromatic rings. The summed E-state index contributed by atoms with van der Waals surface area (Å²) >= 11 is 1.37. The van der Waals surface area contributed by atoms with Crippen LogP contribution in [0.5, 0.6) is 0 Å². The summed E-state index contributed by atoms with van der Waals surface area (Å²) in [4.78, 5) is 19.4. The second kappa shape index (κ2) is 6.32. The van der Waals surface area contributed by atoms with E-state index in [4.69, 9.17) is 0 Å². The largest absolute Gasteiger partial charge is 0.333 e. The van der Waals surface area contributed by atoms with Gasteiger partial charge in [-0.3, -0.25) is 15.6 Å². The highest BCUT2D eigenvalue weighted by Gasteiger charge is 2.06. The number of nitrogens with one attached hydrogen (secondary N) is 3. The minimum absolute atomic E-state index is 0.107. The molecule has 3 rings (SSSR count). The van der Waals surface area contributed by atoms with Crippen LogP contribution in [0.2, 0.25) is 0 Å². The van der Waals surface area contributed by atoms with Gasteiger partial charge in [-0.15, -0.1) is 0 Å². The molecular formula is C15H14N4OS. The monoisotopic (exact) mass is 298 g/mol. The van der Waals surface area contributed by atoms with Gasteiger partial charge in [0, 0.05) is 0 Å². The van der Waals surface area contributed by atoms with Gasteiger partial charge < -0.3 is 4.98 Å². The predicted octanol–water partition coefficient (Wildman–Crippen LogP) is 2.80. The number of hydrazine groups is 1. The summed E-state index contributed by atoms with van der Waals surface area (Å²) in [5.41, 5.74) is 8.24. The van der Waals surface area contributed by atoms with E-state index in [2.05, 4.69) is 20.8 Å². The van der Waals surface area contributed by atoms with Crippen LogP contribution >= 0.6 is 11.8 Å². The average Bonchev–Trinajstić information content (AvgIpc) is 2.95. The zero-order valence-corrected chi connectivity index (χ0v) is 12.0. The average molecular weight is 298 g/mol. The lowest BCUT2D eigenvalue weighted by Crippen LogP contribution is -2.30. The van der Waals surface area contributed by atoms with Crippen molar-refractivity contribution in [3.05, 3.63) is 54.6 Å². The number of carbonyl (C=O) groups excluding carboxylic acids is 1. The highest BCUT2D eigenvalue weighted by atomic mass is 32.2. The molecule has 0 fully saturated rings. The molecule has 0 spiro atoms. The first-order valence-electron chi connectivity index (χ1n) is 6.49. The summed E-state index contributed by atoms with van der Waals surface area (Å²) in [5, 5.41) is 0.742. The van der Waals surface area contributed by atoms with Gasteiger partial charge >= 0.3 is 0 Å². The Balaban J connectivity index is 1.51. The fourth-order valence-corrected chi connectivity index (χ4v) is 2.52. The van der Waals surface area contributed by atoms with Crippen molar-refractivity contribution in [2.24, 2.45) is 0 Å². The molecule has 1 amide bonds. The summed E-state index contributed by atoms with van der Waals surface area (Å²) in [5.74, 6) is 0.184. The number of hydrogen-bond acceptors (Lipinski definition) is 4. The Morgan fingerprint density at radius 2 is 1.86 bits per heavy atom. The van der Waals surface area contributed by atoms with Crippen LogP contribution in [0, 0.1) is 0 Å².